The molecule has 0 atom stereocenters. The predicted octanol–water partition coefficient (Wildman–Crippen LogP) is 5.73. The molecule has 0 fully saturated rings. The number of rotatable bonds is 7. The number of hydrogen-bond donors (Lipinski definition) is 0. The lowest BCUT2D eigenvalue weighted by molar-refractivity contribution is 1.52. The zero-order valence-electron chi connectivity index (χ0n) is 9.18. The van der Waals surface area contributed by atoms with Crippen LogP contribution in [-0.4, -0.2) is 17.3 Å². The van der Waals surface area contributed by atoms with Gasteiger partial charge in [-0.2, -0.15) is 0 Å². The highest BCUT2D eigenvalue weighted by molar-refractivity contribution is 8.22. The minimum Gasteiger partial charge on any atom is -0.120 e. The topological polar surface area (TPSA) is 0 Å². The first-order valence-electron chi connectivity index (χ1n) is 4.81. The molecule has 0 amide bonds. The molecule has 0 aliphatic heterocycles. The van der Waals surface area contributed by atoms with Crippen LogP contribution in [0.5, 0.6) is 0 Å². The standard InChI is InChI=1S/C10H16Cl2S3/c1-4-13-9(14-5-2)7-8(11)10(12)15-6-3/h7H,4-6H2,1-3H3/b10-8-. The summed E-state index contributed by atoms with van der Waals surface area (Å²) in [5.41, 5.74) is 0. The Balaban J connectivity index is 4.56. The van der Waals surface area contributed by atoms with Crippen LogP contribution in [0.25, 0.3) is 0 Å². The molecule has 0 radical (unpaired) electrons. The van der Waals surface area contributed by atoms with Crippen molar-refractivity contribution >= 4 is 58.5 Å². The molecule has 0 aromatic carbocycles. The Kier molecular flexibility index (Phi) is 11.0. The molecule has 0 nitrogen and oxygen atoms in total. The summed E-state index contributed by atoms with van der Waals surface area (Å²) in [4.78, 5) is 0. The molecule has 5 heteroatoms. The smallest absolute Gasteiger partial charge is 0.0922 e. The summed E-state index contributed by atoms with van der Waals surface area (Å²) in [6.07, 6.45) is 1.97. The van der Waals surface area contributed by atoms with Crippen molar-refractivity contribution in [3.63, 3.8) is 0 Å². The van der Waals surface area contributed by atoms with Crippen molar-refractivity contribution in [2.24, 2.45) is 0 Å². The molecule has 0 N–H and O–H groups in total. The van der Waals surface area contributed by atoms with E-state index in [0.717, 1.165) is 17.3 Å². The lowest BCUT2D eigenvalue weighted by Crippen LogP contribution is -1.78. The number of thioether (sulfide) groups is 3. The van der Waals surface area contributed by atoms with E-state index in [1.54, 1.807) is 35.3 Å². The summed E-state index contributed by atoms with van der Waals surface area (Å²) in [6, 6.07) is 0. The van der Waals surface area contributed by atoms with Gasteiger partial charge in [-0.3, -0.25) is 0 Å². The summed E-state index contributed by atoms with van der Waals surface area (Å²) in [5, 5.41) is 0.653. The lowest BCUT2D eigenvalue weighted by Gasteiger charge is -2.04. The summed E-state index contributed by atoms with van der Waals surface area (Å²) in [6.45, 7) is 6.33. The molecule has 0 unspecified atom stereocenters. The second kappa shape index (κ2) is 10.3. The van der Waals surface area contributed by atoms with E-state index in [2.05, 4.69) is 20.8 Å². The molecule has 0 aliphatic carbocycles. The van der Waals surface area contributed by atoms with Gasteiger partial charge in [-0.15, -0.1) is 35.3 Å². The fourth-order valence-corrected chi connectivity index (χ4v) is 4.01. The van der Waals surface area contributed by atoms with E-state index in [-0.39, 0.29) is 0 Å². The van der Waals surface area contributed by atoms with Crippen LogP contribution in [0.4, 0.5) is 0 Å². The van der Waals surface area contributed by atoms with Crippen LogP contribution < -0.4 is 0 Å². The molecule has 0 aromatic rings. The molecule has 0 aromatic heterocycles. The van der Waals surface area contributed by atoms with Gasteiger partial charge in [0.25, 0.3) is 0 Å². The normalized spacial score (nSPS) is 12.3. The summed E-state index contributed by atoms with van der Waals surface area (Å²) in [5.74, 6) is 3.06. The molecule has 0 spiro atoms. The first-order chi connectivity index (χ1) is 7.15. The quantitative estimate of drug-likeness (QED) is 0.551. The zero-order chi connectivity index (χ0) is 11.7. The molecular weight excluding hydrogens is 287 g/mol. The van der Waals surface area contributed by atoms with Gasteiger partial charge in [0.05, 0.1) is 9.40 Å². The Labute approximate surface area is 116 Å². The highest BCUT2D eigenvalue weighted by Crippen LogP contribution is 2.33. The largest absolute Gasteiger partial charge is 0.120 e. The van der Waals surface area contributed by atoms with Crippen molar-refractivity contribution in [2.75, 3.05) is 17.3 Å². The van der Waals surface area contributed by atoms with Crippen molar-refractivity contribution in [3.8, 4) is 0 Å². The van der Waals surface area contributed by atoms with E-state index < -0.39 is 0 Å². The molecule has 0 aliphatic rings. The van der Waals surface area contributed by atoms with Gasteiger partial charge in [0.1, 0.15) is 0 Å². The highest BCUT2D eigenvalue weighted by Gasteiger charge is 2.02. The van der Waals surface area contributed by atoms with E-state index in [0.29, 0.717) is 9.40 Å². The number of halogens is 2. The maximum atomic E-state index is 6.10. The van der Waals surface area contributed by atoms with Crippen LogP contribution in [0.1, 0.15) is 20.8 Å². The van der Waals surface area contributed by atoms with Crippen LogP contribution >= 0.6 is 58.5 Å². The van der Waals surface area contributed by atoms with Gasteiger partial charge < -0.3 is 0 Å². The third-order valence-corrected chi connectivity index (χ3v) is 5.17. The van der Waals surface area contributed by atoms with Gasteiger partial charge in [0.2, 0.25) is 0 Å². The van der Waals surface area contributed by atoms with Gasteiger partial charge in [-0.25, -0.2) is 0 Å². The second-order valence-electron chi connectivity index (χ2n) is 2.38. The Morgan fingerprint density at radius 3 is 1.80 bits per heavy atom. The number of hydrogen-bond acceptors (Lipinski definition) is 3. The monoisotopic (exact) mass is 302 g/mol. The molecule has 15 heavy (non-hydrogen) atoms. The second-order valence-corrected chi connectivity index (χ2v) is 7.54. The van der Waals surface area contributed by atoms with Crippen LogP contribution in [0.15, 0.2) is 19.7 Å². The van der Waals surface area contributed by atoms with E-state index in [1.165, 1.54) is 4.24 Å². The van der Waals surface area contributed by atoms with Gasteiger partial charge in [-0.1, -0.05) is 44.0 Å². The molecule has 0 rings (SSSR count). The van der Waals surface area contributed by atoms with Crippen LogP contribution in [-0.2, 0) is 0 Å². The fraction of sp³-hybridized carbons (Fsp3) is 0.600. The van der Waals surface area contributed by atoms with Gasteiger partial charge >= 0.3 is 0 Å². The predicted molar refractivity (Wildman–Crippen MR) is 81.2 cm³/mol. The SMILES string of the molecule is CCSC(=C/C(Cl)=C(\Cl)SCC)SCC. The molecular formula is C10H16Cl2S3. The molecule has 0 saturated carbocycles. The number of allylic oxidation sites excluding steroid dienone is 2. The van der Waals surface area contributed by atoms with Crippen LogP contribution in [0, 0.1) is 0 Å². The Morgan fingerprint density at radius 2 is 1.40 bits per heavy atom. The fourth-order valence-electron chi connectivity index (χ4n) is 0.765. The first kappa shape index (κ1) is 16.1. The summed E-state index contributed by atoms with van der Waals surface area (Å²) < 4.78 is 1.92. The van der Waals surface area contributed by atoms with Crippen molar-refractivity contribution in [3.05, 3.63) is 19.7 Å². The van der Waals surface area contributed by atoms with E-state index in [1.807, 2.05) is 6.08 Å². The van der Waals surface area contributed by atoms with Crippen molar-refractivity contribution in [2.45, 2.75) is 20.8 Å². The van der Waals surface area contributed by atoms with Crippen LogP contribution in [0.2, 0.25) is 0 Å². The van der Waals surface area contributed by atoms with Gasteiger partial charge in [0, 0.05) is 4.24 Å². The van der Waals surface area contributed by atoms with Crippen molar-refractivity contribution in [1.82, 2.24) is 0 Å². The van der Waals surface area contributed by atoms with Gasteiger partial charge in [0.15, 0.2) is 0 Å². The van der Waals surface area contributed by atoms with Crippen molar-refractivity contribution in [1.29, 1.82) is 0 Å². The molecule has 0 saturated heterocycles. The first-order valence-corrected chi connectivity index (χ1v) is 8.52. The van der Waals surface area contributed by atoms with E-state index in [9.17, 15) is 0 Å². The average molecular weight is 303 g/mol. The Hall–Kier alpha value is 1.11. The Bertz CT molecular complexity index is 229. The lowest BCUT2D eigenvalue weighted by atomic mass is 10.6. The summed E-state index contributed by atoms with van der Waals surface area (Å²) in [7, 11) is 0. The minimum absolute atomic E-state index is 0.653. The molecule has 88 valence electrons. The third kappa shape index (κ3) is 7.92. The maximum Gasteiger partial charge on any atom is 0.0922 e. The Morgan fingerprint density at radius 1 is 0.933 bits per heavy atom. The average Bonchev–Trinajstić information content (AvgIpc) is 2.18. The third-order valence-electron chi connectivity index (χ3n) is 1.28. The van der Waals surface area contributed by atoms with E-state index in [4.69, 9.17) is 23.2 Å². The molecule has 0 heterocycles. The van der Waals surface area contributed by atoms with Crippen LogP contribution in [0.3, 0.4) is 0 Å². The summed E-state index contributed by atoms with van der Waals surface area (Å²) >= 11 is 17.3. The highest BCUT2D eigenvalue weighted by atomic mass is 35.5. The van der Waals surface area contributed by atoms with E-state index >= 15 is 0 Å². The van der Waals surface area contributed by atoms with Crippen molar-refractivity contribution < 1.29 is 0 Å². The minimum atomic E-state index is 0.653. The zero-order valence-corrected chi connectivity index (χ0v) is 13.1. The molecule has 0 bridgehead atoms. The van der Waals surface area contributed by atoms with Gasteiger partial charge in [-0.05, 0) is 23.3 Å². The maximum absolute atomic E-state index is 6.10.